The molecule has 1 saturated heterocycles. The minimum atomic E-state index is -0.233. The molecule has 26 heavy (non-hydrogen) atoms. The molecule has 6 heteroatoms. The fraction of sp³-hybridized carbons (Fsp3) is 0.400. The minimum Gasteiger partial charge on any atom is -0.497 e. The van der Waals surface area contributed by atoms with Gasteiger partial charge in [0.2, 0.25) is 0 Å². The number of methoxy groups -OCH3 is 1. The maximum Gasteiger partial charge on any atom is 0.259 e. The molecule has 1 aromatic carbocycles. The van der Waals surface area contributed by atoms with Gasteiger partial charge in [0.1, 0.15) is 17.1 Å². The van der Waals surface area contributed by atoms with Gasteiger partial charge in [-0.15, -0.1) is 0 Å². The SMILES string of the molecule is COc1ccc(OCC2CCCN(C(=O)c3c[nH]c(C)cc3=O)C2)cc1. The van der Waals surface area contributed by atoms with Gasteiger partial charge < -0.3 is 19.4 Å². The van der Waals surface area contributed by atoms with E-state index in [4.69, 9.17) is 9.47 Å². The number of carbonyl (C=O) groups excluding carboxylic acids is 1. The first kappa shape index (κ1) is 18.0. The Hall–Kier alpha value is -2.76. The van der Waals surface area contributed by atoms with Crippen molar-refractivity contribution in [1.29, 1.82) is 0 Å². The number of amides is 1. The van der Waals surface area contributed by atoms with Gasteiger partial charge in [-0.2, -0.15) is 0 Å². The number of hydrogen-bond acceptors (Lipinski definition) is 4. The Balaban J connectivity index is 1.59. The molecule has 0 spiro atoms. The predicted molar refractivity (Wildman–Crippen MR) is 98.9 cm³/mol. The zero-order chi connectivity index (χ0) is 18.5. The van der Waals surface area contributed by atoms with Crippen LogP contribution in [0.5, 0.6) is 11.5 Å². The van der Waals surface area contributed by atoms with Gasteiger partial charge in [0, 0.05) is 37.0 Å². The van der Waals surface area contributed by atoms with Crippen molar-refractivity contribution in [3.8, 4) is 11.5 Å². The molecule has 1 N–H and O–H groups in total. The number of piperidine rings is 1. The smallest absolute Gasteiger partial charge is 0.259 e. The Morgan fingerprint density at radius 2 is 2.00 bits per heavy atom. The van der Waals surface area contributed by atoms with Crippen LogP contribution >= 0.6 is 0 Å². The van der Waals surface area contributed by atoms with E-state index in [2.05, 4.69) is 4.98 Å². The van der Waals surface area contributed by atoms with Crippen LogP contribution in [0.15, 0.2) is 41.3 Å². The number of nitrogens with one attached hydrogen (secondary N) is 1. The number of rotatable bonds is 5. The van der Waals surface area contributed by atoms with Crippen LogP contribution in [-0.4, -0.2) is 42.6 Å². The van der Waals surface area contributed by atoms with Crippen LogP contribution in [0.25, 0.3) is 0 Å². The van der Waals surface area contributed by atoms with Crippen molar-refractivity contribution in [1.82, 2.24) is 9.88 Å². The number of H-pyrrole nitrogens is 1. The molecule has 2 heterocycles. The molecular weight excluding hydrogens is 332 g/mol. The van der Waals surface area contributed by atoms with Gasteiger partial charge >= 0.3 is 0 Å². The highest BCUT2D eigenvalue weighted by molar-refractivity contribution is 5.93. The molecule has 138 valence electrons. The van der Waals surface area contributed by atoms with Crippen molar-refractivity contribution in [3.63, 3.8) is 0 Å². The molecule has 1 fully saturated rings. The van der Waals surface area contributed by atoms with Crippen molar-refractivity contribution in [2.24, 2.45) is 5.92 Å². The summed E-state index contributed by atoms with van der Waals surface area (Å²) >= 11 is 0. The first-order valence-electron chi connectivity index (χ1n) is 8.82. The lowest BCUT2D eigenvalue weighted by atomic mass is 9.98. The molecular formula is C20H24N2O4. The van der Waals surface area contributed by atoms with Crippen LogP contribution in [0.4, 0.5) is 0 Å². The van der Waals surface area contributed by atoms with Crippen LogP contribution in [-0.2, 0) is 0 Å². The zero-order valence-corrected chi connectivity index (χ0v) is 15.2. The third-order valence-electron chi connectivity index (χ3n) is 4.64. The summed E-state index contributed by atoms with van der Waals surface area (Å²) in [6.45, 7) is 3.61. The molecule has 1 aliphatic heterocycles. The van der Waals surface area contributed by atoms with Gasteiger partial charge in [0.25, 0.3) is 5.91 Å². The maximum absolute atomic E-state index is 12.7. The summed E-state index contributed by atoms with van der Waals surface area (Å²) in [6, 6.07) is 8.92. The fourth-order valence-corrected chi connectivity index (χ4v) is 3.18. The number of likely N-dealkylation sites (tertiary alicyclic amines) is 1. The number of pyridine rings is 1. The van der Waals surface area contributed by atoms with E-state index in [1.54, 1.807) is 18.9 Å². The average molecular weight is 356 g/mol. The number of aryl methyl sites for hydroxylation is 1. The molecule has 1 aliphatic rings. The summed E-state index contributed by atoms with van der Waals surface area (Å²) in [5.41, 5.74) is 0.714. The second-order valence-corrected chi connectivity index (χ2v) is 6.64. The predicted octanol–water partition coefficient (Wildman–Crippen LogP) is 2.62. The first-order valence-corrected chi connectivity index (χ1v) is 8.82. The standard InChI is InChI=1S/C20H24N2O4/c1-14-10-19(23)18(11-21-14)20(24)22-9-3-4-15(12-22)13-26-17-7-5-16(25-2)6-8-17/h5-8,10-11,15H,3-4,9,12-13H2,1-2H3,(H,21,23). The quantitative estimate of drug-likeness (QED) is 0.894. The zero-order valence-electron chi connectivity index (χ0n) is 15.2. The molecule has 2 aromatic rings. The summed E-state index contributed by atoms with van der Waals surface area (Å²) < 4.78 is 11.0. The maximum atomic E-state index is 12.7. The van der Waals surface area contributed by atoms with Crippen molar-refractivity contribution in [2.75, 3.05) is 26.8 Å². The number of carbonyl (C=O) groups is 1. The minimum absolute atomic E-state index is 0.201. The van der Waals surface area contributed by atoms with Crippen LogP contribution < -0.4 is 14.9 Å². The molecule has 0 radical (unpaired) electrons. The van der Waals surface area contributed by atoms with Crippen LogP contribution in [0, 0.1) is 12.8 Å². The molecule has 0 saturated carbocycles. The number of hydrogen-bond donors (Lipinski definition) is 1. The lowest BCUT2D eigenvalue weighted by molar-refractivity contribution is 0.0631. The number of aromatic amines is 1. The molecule has 1 aromatic heterocycles. The van der Waals surface area contributed by atoms with Gasteiger partial charge in [-0.1, -0.05) is 0 Å². The van der Waals surface area contributed by atoms with Crippen LogP contribution in [0.3, 0.4) is 0 Å². The molecule has 0 bridgehead atoms. The van der Waals surface area contributed by atoms with Crippen LogP contribution in [0.2, 0.25) is 0 Å². The van der Waals surface area contributed by atoms with Gasteiger partial charge in [0.15, 0.2) is 5.43 Å². The lowest BCUT2D eigenvalue weighted by Gasteiger charge is -2.32. The Morgan fingerprint density at radius 3 is 2.69 bits per heavy atom. The molecule has 3 rings (SSSR count). The van der Waals surface area contributed by atoms with Gasteiger partial charge in [0.05, 0.1) is 13.7 Å². The highest BCUT2D eigenvalue weighted by Crippen LogP contribution is 2.21. The molecule has 0 aliphatic carbocycles. The monoisotopic (exact) mass is 356 g/mol. The van der Waals surface area contributed by atoms with E-state index in [9.17, 15) is 9.59 Å². The third kappa shape index (κ3) is 4.25. The van der Waals surface area contributed by atoms with Crippen molar-refractivity contribution < 1.29 is 14.3 Å². The Bertz CT molecular complexity index is 813. The highest BCUT2D eigenvalue weighted by Gasteiger charge is 2.26. The van der Waals surface area contributed by atoms with Crippen LogP contribution in [0.1, 0.15) is 28.9 Å². The number of aromatic nitrogens is 1. The number of ether oxygens (including phenoxy) is 2. The first-order chi connectivity index (χ1) is 12.6. The van der Waals surface area contributed by atoms with E-state index in [0.717, 1.165) is 30.0 Å². The molecule has 1 amide bonds. The molecule has 6 nitrogen and oxygen atoms in total. The summed E-state index contributed by atoms with van der Waals surface area (Å²) in [5, 5.41) is 0. The second kappa shape index (κ2) is 8.08. The fourth-order valence-electron chi connectivity index (χ4n) is 3.18. The number of benzene rings is 1. The topological polar surface area (TPSA) is 71.6 Å². The van der Waals surface area contributed by atoms with E-state index in [-0.39, 0.29) is 22.8 Å². The van der Waals surface area contributed by atoms with E-state index in [1.807, 2.05) is 24.3 Å². The van der Waals surface area contributed by atoms with E-state index < -0.39 is 0 Å². The number of nitrogens with zero attached hydrogens (tertiary/aromatic N) is 1. The van der Waals surface area contributed by atoms with E-state index in [1.165, 1.54) is 12.3 Å². The Labute approximate surface area is 152 Å². The largest absolute Gasteiger partial charge is 0.497 e. The molecule has 1 unspecified atom stereocenters. The van der Waals surface area contributed by atoms with Crippen molar-refractivity contribution in [3.05, 3.63) is 58.0 Å². The Morgan fingerprint density at radius 1 is 1.27 bits per heavy atom. The van der Waals surface area contributed by atoms with E-state index >= 15 is 0 Å². The van der Waals surface area contributed by atoms with Gasteiger partial charge in [-0.25, -0.2) is 0 Å². The third-order valence-corrected chi connectivity index (χ3v) is 4.64. The van der Waals surface area contributed by atoms with Crippen molar-refractivity contribution in [2.45, 2.75) is 19.8 Å². The lowest BCUT2D eigenvalue weighted by Crippen LogP contribution is -2.43. The van der Waals surface area contributed by atoms with Crippen molar-refractivity contribution >= 4 is 5.91 Å². The summed E-state index contributed by atoms with van der Waals surface area (Å²) in [4.78, 5) is 29.4. The summed E-state index contributed by atoms with van der Waals surface area (Å²) in [5.74, 6) is 1.61. The van der Waals surface area contributed by atoms with E-state index in [0.29, 0.717) is 19.7 Å². The highest BCUT2D eigenvalue weighted by atomic mass is 16.5. The second-order valence-electron chi connectivity index (χ2n) is 6.64. The van der Waals surface area contributed by atoms with Gasteiger partial charge in [-0.3, -0.25) is 9.59 Å². The Kier molecular flexibility index (Phi) is 5.61. The molecule has 1 atom stereocenters. The summed E-state index contributed by atoms with van der Waals surface area (Å²) in [7, 11) is 1.63. The van der Waals surface area contributed by atoms with Gasteiger partial charge in [-0.05, 0) is 44.0 Å². The summed E-state index contributed by atoms with van der Waals surface area (Å²) in [6.07, 6.45) is 3.42. The average Bonchev–Trinajstić information content (AvgIpc) is 2.66. The normalized spacial score (nSPS) is 17.0.